The maximum Gasteiger partial charge on any atom is 0.306 e. The molecule has 0 N–H and O–H groups in total. The van der Waals surface area contributed by atoms with Crippen LogP contribution in [0.25, 0.3) is 0 Å². The minimum absolute atomic E-state index is 0.0325. The van der Waals surface area contributed by atoms with Gasteiger partial charge in [0.15, 0.2) is 0 Å². The Morgan fingerprint density at radius 2 is 2.17 bits per heavy atom. The molecule has 1 aliphatic carbocycles. The molecule has 1 heterocycles. The average Bonchev–Trinajstić information content (AvgIpc) is 2.77. The number of thiazole rings is 1. The lowest BCUT2D eigenvalue weighted by molar-refractivity contribution is -0.144. The Hall–Kier alpha value is -0.900. The number of hydrogen-bond donors (Lipinski definition) is 0. The molecule has 1 aliphatic rings. The highest BCUT2D eigenvalue weighted by atomic mass is 32.1. The van der Waals surface area contributed by atoms with E-state index in [1.54, 1.807) is 11.3 Å². The smallest absolute Gasteiger partial charge is 0.306 e. The molecule has 0 spiro atoms. The van der Waals surface area contributed by atoms with Crippen LogP contribution in [0.1, 0.15) is 55.5 Å². The summed E-state index contributed by atoms with van der Waals surface area (Å²) in [6.07, 6.45) is 5.25. The highest BCUT2D eigenvalue weighted by Gasteiger charge is 2.26. The predicted octanol–water partition coefficient (Wildman–Crippen LogP) is 3.68. The van der Waals surface area contributed by atoms with E-state index in [0.717, 1.165) is 12.8 Å². The molecule has 18 heavy (non-hydrogen) atoms. The van der Waals surface area contributed by atoms with E-state index in [1.807, 2.05) is 12.4 Å². The SMILES string of the molecule is CCOC(=O)CC1CCC(c2scnc2C)CC1. The van der Waals surface area contributed by atoms with Gasteiger partial charge >= 0.3 is 5.97 Å². The zero-order valence-corrected chi connectivity index (χ0v) is 12.0. The number of hydrogen-bond acceptors (Lipinski definition) is 4. The number of aromatic nitrogens is 1. The zero-order valence-electron chi connectivity index (χ0n) is 11.1. The van der Waals surface area contributed by atoms with E-state index in [4.69, 9.17) is 4.74 Å². The van der Waals surface area contributed by atoms with Gasteiger partial charge in [-0.2, -0.15) is 0 Å². The summed E-state index contributed by atoms with van der Waals surface area (Å²) in [5.41, 5.74) is 3.13. The molecule has 100 valence electrons. The first-order valence-electron chi connectivity index (χ1n) is 6.76. The summed E-state index contributed by atoms with van der Waals surface area (Å²) in [5, 5.41) is 0. The third-order valence-electron chi connectivity index (χ3n) is 3.76. The lowest BCUT2D eigenvalue weighted by Gasteiger charge is -2.27. The third-order valence-corrected chi connectivity index (χ3v) is 4.85. The van der Waals surface area contributed by atoms with Gasteiger partial charge in [-0.15, -0.1) is 11.3 Å². The lowest BCUT2D eigenvalue weighted by Crippen LogP contribution is -2.17. The average molecular weight is 267 g/mol. The van der Waals surface area contributed by atoms with E-state index in [9.17, 15) is 4.79 Å². The van der Waals surface area contributed by atoms with Crippen LogP contribution in [0.5, 0.6) is 0 Å². The molecule has 2 rings (SSSR count). The fraction of sp³-hybridized carbons (Fsp3) is 0.714. The number of rotatable bonds is 4. The number of aryl methyl sites for hydroxylation is 1. The fourth-order valence-electron chi connectivity index (χ4n) is 2.79. The van der Waals surface area contributed by atoms with Crippen molar-refractivity contribution in [3.63, 3.8) is 0 Å². The molecular weight excluding hydrogens is 246 g/mol. The summed E-state index contributed by atoms with van der Waals surface area (Å²) < 4.78 is 5.02. The van der Waals surface area contributed by atoms with Gasteiger partial charge in [-0.25, -0.2) is 4.98 Å². The maximum absolute atomic E-state index is 11.4. The van der Waals surface area contributed by atoms with Crippen LogP contribution in [0.15, 0.2) is 5.51 Å². The van der Waals surface area contributed by atoms with Crippen molar-refractivity contribution in [3.05, 3.63) is 16.1 Å². The molecule has 0 aliphatic heterocycles. The number of carbonyl (C=O) groups is 1. The molecule has 0 atom stereocenters. The first-order valence-corrected chi connectivity index (χ1v) is 7.64. The minimum Gasteiger partial charge on any atom is -0.466 e. The molecule has 3 nitrogen and oxygen atoms in total. The van der Waals surface area contributed by atoms with Crippen molar-refractivity contribution in [2.24, 2.45) is 5.92 Å². The van der Waals surface area contributed by atoms with Crippen LogP contribution < -0.4 is 0 Å². The summed E-state index contributed by atoms with van der Waals surface area (Å²) in [6, 6.07) is 0. The van der Waals surface area contributed by atoms with Gasteiger partial charge in [0, 0.05) is 11.3 Å². The topological polar surface area (TPSA) is 39.2 Å². The molecule has 0 unspecified atom stereocenters. The van der Waals surface area contributed by atoms with Gasteiger partial charge < -0.3 is 4.74 Å². The van der Waals surface area contributed by atoms with Crippen molar-refractivity contribution in [2.45, 2.75) is 51.9 Å². The molecule has 1 fully saturated rings. The second-order valence-electron chi connectivity index (χ2n) is 5.03. The Balaban J connectivity index is 1.81. The number of esters is 1. The van der Waals surface area contributed by atoms with Gasteiger partial charge in [-0.3, -0.25) is 4.79 Å². The normalized spacial score (nSPS) is 23.9. The Bertz CT molecular complexity index is 394. The Morgan fingerprint density at radius 3 is 2.72 bits per heavy atom. The van der Waals surface area contributed by atoms with Crippen LogP contribution in [0.3, 0.4) is 0 Å². The summed E-state index contributed by atoms with van der Waals surface area (Å²) >= 11 is 1.78. The van der Waals surface area contributed by atoms with Gasteiger partial charge in [-0.1, -0.05) is 0 Å². The van der Waals surface area contributed by atoms with Gasteiger partial charge in [0.2, 0.25) is 0 Å². The van der Waals surface area contributed by atoms with Crippen molar-refractivity contribution < 1.29 is 9.53 Å². The van der Waals surface area contributed by atoms with Crippen molar-refractivity contribution >= 4 is 17.3 Å². The predicted molar refractivity (Wildman–Crippen MR) is 72.8 cm³/mol. The number of nitrogens with zero attached hydrogens (tertiary/aromatic N) is 1. The molecule has 0 bridgehead atoms. The third kappa shape index (κ3) is 3.31. The molecule has 1 aromatic heterocycles. The highest BCUT2D eigenvalue weighted by molar-refractivity contribution is 7.09. The fourth-order valence-corrected chi connectivity index (χ4v) is 3.76. The van der Waals surface area contributed by atoms with E-state index in [2.05, 4.69) is 11.9 Å². The second-order valence-corrected chi connectivity index (χ2v) is 5.92. The van der Waals surface area contributed by atoms with Crippen LogP contribution >= 0.6 is 11.3 Å². The van der Waals surface area contributed by atoms with E-state index in [0.29, 0.717) is 24.9 Å². The molecule has 0 saturated heterocycles. The Labute approximate surface area is 113 Å². The molecule has 0 radical (unpaired) electrons. The Kier molecular flexibility index (Phi) is 4.75. The van der Waals surface area contributed by atoms with Gasteiger partial charge in [0.1, 0.15) is 0 Å². The van der Waals surface area contributed by atoms with Crippen LogP contribution in [-0.4, -0.2) is 17.6 Å². The molecule has 0 aromatic carbocycles. The van der Waals surface area contributed by atoms with Crippen LogP contribution in [0, 0.1) is 12.8 Å². The van der Waals surface area contributed by atoms with Crippen molar-refractivity contribution in [1.82, 2.24) is 4.98 Å². The van der Waals surface area contributed by atoms with E-state index in [-0.39, 0.29) is 5.97 Å². The molecule has 1 aromatic rings. The first kappa shape index (κ1) is 13.5. The largest absolute Gasteiger partial charge is 0.466 e. The molecule has 4 heteroatoms. The standard InChI is InChI=1S/C14H21NO2S/c1-3-17-13(16)8-11-4-6-12(7-5-11)14-10(2)15-9-18-14/h9,11-12H,3-8H2,1-2H3. The molecule has 0 amide bonds. The minimum atomic E-state index is -0.0325. The van der Waals surface area contributed by atoms with Crippen molar-refractivity contribution in [3.8, 4) is 0 Å². The van der Waals surface area contributed by atoms with Crippen molar-refractivity contribution in [2.75, 3.05) is 6.61 Å². The van der Waals surface area contributed by atoms with Gasteiger partial charge in [0.05, 0.1) is 17.8 Å². The highest BCUT2D eigenvalue weighted by Crippen LogP contribution is 2.39. The quantitative estimate of drug-likeness (QED) is 0.781. The van der Waals surface area contributed by atoms with E-state index < -0.39 is 0 Å². The van der Waals surface area contributed by atoms with Gasteiger partial charge in [0.25, 0.3) is 0 Å². The van der Waals surface area contributed by atoms with Gasteiger partial charge in [-0.05, 0) is 51.4 Å². The van der Waals surface area contributed by atoms with Crippen LogP contribution in [0.2, 0.25) is 0 Å². The Morgan fingerprint density at radius 1 is 1.44 bits per heavy atom. The lowest BCUT2D eigenvalue weighted by atomic mass is 9.79. The number of carbonyl (C=O) groups excluding carboxylic acids is 1. The summed E-state index contributed by atoms with van der Waals surface area (Å²) in [6.45, 7) is 4.45. The van der Waals surface area contributed by atoms with Crippen LogP contribution in [0.4, 0.5) is 0 Å². The van der Waals surface area contributed by atoms with Crippen molar-refractivity contribution in [1.29, 1.82) is 0 Å². The molecule has 1 saturated carbocycles. The summed E-state index contributed by atoms with van der Waals surface area (Å²) in [4.78, 5) is 17.2. The van der Waals surface area contributed by atoms with E-state index >= 15 is 0 Å². The molecular formula is C14H21NO2S. The number of ether oxygens (including phenoxy) is 1. The summed E-state index contributed by atoms with van der Waals surface area (Å²) in [7, 11) is 0. The van der Waals surface area contributed by atoms with Crippen LogP contribution in [-0.2, 0) is 9.53 Å². The zero-order chi connectivity index (χ0) is 13.0. The second kappa shape index (κ2) is 6.32. The monoisotopic (exact) mass is 267 g/mol. The summed E-state index contributed by atoms with van der Waals surface area (Å²) in [5.74, 6) is 1.15. The first-order chi connectivity index (χ1) is 8.70. The maximum atomic E-state index is 11.4. The van der Waals surface area contributed by atoms with E-state index in [1.165, 1.54) is 23.4 Å².